The first-order chi connectivity index (χ1) is 5.88. The summed E-state index contributed by atoms with van der Waals surface area (Å²) in [4.78, 5) is 0. The van der Waals surface area contributed by atoms with Crippen LogP contribution in [0.3, 0.4) is 0 Å². The Hall–Kier alpha value is -0.850. The van der Waals surface area contributed by atoms with Gasteiger partial charge in [0.25, 0.3) is 0 Å². The predicted octanol–water partition coefficient (Wildman–Crippen LogP) is 1.06. The van der Waals surface area contributed by atoms with Gasteiger partial charge in [0.1, 0.15) is 0 Å². The second kappa shape index (κ2) is 3.49. The topological polar surface area (TPSA) is 69.4 Å². The predicted molar refractivity (Wildman–Crippen MR) is 45.1 cm³/mol. The molecule has 0 aliphatic rings. The Morgan fingerprint density at radius 3 is 2.54 bits per heavy atom. The number of hydrogen-bond donors (Lipinski definition) is 1. The third-order valence-electron chi connectivity index (χ3n) is 1.10. The largest absolute Gasteiger partial charge is 0.380 e. The van der Waals surface area contributed by atoms with Crippen LogP contribution in [-0.4, -0.2) is 8.42 Å². The third-order valence-corrected chi connectivity index (χ3v) is 1.75. The summed E-state index contributed by atoms with van der Waals surface area (Å²) >= 11 is 5.41. The van der Waals surface area contributed by atoms with Gasteiger partial charge in [0.15, 0.2) is 11.6 Å². The van der Waals surface area contributed by atoms with E-state index in [4.69, 9.17) is 11.6 Å². The fourth-order valence-corrected chi connectivity index (χ4v) is 1.21. The molecular weight excluding hydrogens is 221 g/mol. The molecule has 0 aliphatic heterocycles. The summed E-state index contributed by atoms with van der Waals surface area (Å²) in [5, 5.41) is 4.66. The molecular formula is C6H5ClFNO3S. The van der Waals surface area contributed by atoms with Gasteiger partial charge in [-0.05, 0) is 18.2 Å². The number of nitrogens with two attached hydrogens (primary N) is 1. The highest BCUT2D eigenvalue weighted by Gasteiger charge is 2.10. The lowest BCUT2D eigenvalue weighted by Crippen LogP contribution is -2.19. The molecule has 13 heavy (non-hydrogen) atoms. The molecule has 2 N–H and O–H groups in total. The molecule has 1 rings (SSSR count). The van der Waals surface area contributed by atoms with Gasteiger partial charge >= 0.3 is 10.3 Å². The fraction of sp³-hybridized carbons (Fsp3) is 0. The number of hydrogen-bond acceptors (Lipinski definition) is 3. The Bertz CT molecular complexity index is 420. The van der Waals surface area contributed by atoms with Crippen LogP contribution in [0.2, 0.25) is 5.02 Å². The minimum absolute atomic E-state index is 0.138. The van der Waals surface area contributed by atoms with E-state index in [1.54, 1.807) is 0 Å². The zero-order valence-corrected chi connectivity index (χ0v) is 7.77. The van der Waals surface area contributed by atoms with Crippen LogP contribution in [-0.2, 0) is 10.3 Å². The van der Waals surface area contributed by atoms with Crippen LogP contribution in [0.25, 0.3) is 0 Å². The molecule has 0 aromatic heterocycles. The maximum absolute atomic E-state index is 12.9. The highest BCUT2D eigenvalue weighted by Crippen LogP contribution is 2.21. The van der Waals surface area contributed by atoms with Crippen molar-refractivity contribution in [2.45, 2.75) is 0 Å². The molecule has 1 aromatic rings. The van der Waals surface area contributed by atoms with Crippen molar-refractivity contribution in [1.29, 1.82) is 0 Å². The molecule has 1 aromatic carbocycles. The highest BCUT2D eigenvalue weighted by molar-refractivity contribution is 7.84. The summed E-state index contributed by atoms with van der Waals surface area (Å²) in [7, 11) is -4.20. The molecule has 4 nitrogen and oxygen atoms in total. The van der Waals surface area contributed by atoms with Crippen molar-refractivity contribution in [1.82, 2.24) is 0 Å². The van der Waals surface area contributed by atoms with Crippen LogP contribution < -0.4 is 9.32 Å². The molecule has 0 fully saturated rings. The van der Waals surface area contributed by atoms with Gasteiger partial charge in [-0.2, -0.15) is 13.6 Å². The summed E-state index contributed by atoms with van der Waals surface area (Å²) < 4.78 is 37.7. The molecule has 0 heterocycles. The molecule has 0 amide bonds. The molecule has 0 saturated heterocycles. The summed E-state index contributed by atoms with van der Waals surface area (Å²) in [5.74, 6) is -1.37. The monoisotopic (exact) mass is 225 g/mol. The van der Waals surface area contributed by atoms with E-state index in [1.807, 2.05) is 0 Å². The van der Waals surface area contributed by atoms with Gasteiger partial charge < -0.3 is 4.18 Å². The first kappa shape index (κ1) is 10.2. The van der Waals surface area contributed by atoms with Crippen molar-refractivity contribution in [3.8, 4) is 5.75 Å². The molecule has 0 atom stereocenters. The van der Waals surface area contributed by atoms with Crippen molar-refractivity contribution < 1.29 is 17.0 Å². The highest BCUT2D eigenvalue weighted by atomic mass is 35.5. The molecule has 0 unspecified atom stereocenters. The van der Waals surface area contributed by atoms with E-state index < -0.39 is 21.9 Å². The van der Waals surface area contributed by atoms with Gasteiger partial charge in [0.2, 0.25) is 0 Å². The first-order valence-corrected chi connectivity index (χ1v) is 4.91. The molecule has 0 radical (unpaired) electrons. The van der Waals surface area contributed by atoms with E-state index in [0.29, 0.717) is 0 Å². The summed E-state index contributed by atoms with van der Waals surface area (Å²) in [6, 6.07) is 3.27. The van der Waals surface area contributed by atoms with E-state index in [-0.39, 0.29) is 5.02 Å². The lowest BCUT2D eigenvalue weighted by molar-refractivity contribution is 0.463. The van der Waals surface area contributed by atoms with E-state index in [2.05, 4.69) is 9.32 Å². The minimum Gasteiger partial charge on any atom is -0.368 e. The van der Waals surface area contributed by atoms with Gasteiger partial charge in [0.05, 0.1) is 0 Å². The maximum Gasteiger partial charge on any atom is 0.380 e. The van der Waals surface area contributed by atoms with E-state index in [0.717, 1.165) is 12.1 Å². The first-order valence-electron chi connectivity index (χ1n) is 3.06. The van der Waals surface area contributed by atoms with Crippen molar-refractivity contribution in [3.63, 3.8) is 0 Å². The lowest BCUT2D eigenvalue weighted by atomic mass is 10.3. The standard InChI is InChI=1S/C6H5ClFNO3S/c7-4-1-2-6(5(8)3-4)12-13(9,10)11/h1-3H,(H2,9,10,11). The number of rotatable bonds is 2. The Kier molecular flexibility index (Phi) is 2.74. The Balaban J connectivity index is 3.04. The van der Waals surface area contributed by atoms with Crippen molar-refractivity contribution in [3.05, 3.63) is 29.0 Å². The average molecular weight is 226 g/mol. The fourth-order valence-electron chi connectivity index (χ4n) is 0.668. The normalized spacial score (nSPS) is 11.3. The van der Waals surface area contributed by atoms with E-state index in [9.17, 15) is 12.8 Å². The van der Waals surface area contributed by atoms with Crippen LogP contribution in [0.15, 0.2) is 18.2 Å². The van der Waals surface area contributed by atoms with Crippen LogP contribution in [0.5, 0.6) is 5.75 Å². The summed E-state index contributed by atoms with van der Waals surface area (Å²) in [5.41, 5.74) is 0. The van der Waals surface area contributed by atoms with E-state index in [1.165, 1.54) is 6.07 Å². The summed E-state index contributed by atoms with van der Waals surface area (Å²) in [6.07, 6.45) is 0. The molecule has 0 spiro atoms. The van der Waals surface area contributed by atoms with Gasteiger partial charge in [-0.3, -0.25) is 0 Å². The second-order valence-corrected chi connectivity index (χ2v) is 3.74. The molecule has 0 aliphatic carbocycles. The van der Waals surface area contributed by atoms with Crippen LogP contribution in [0.4, 0.5) is 4.39 Å². The zero-order chi connectivity index (χ0) is 10.1. The van der Waals surface area contributed by atoms with Gasteiger partial charge in [-0.1, -0.05) is 11.6 Å². The Morgan fingerprint density at radius 1 is 1.46 bits per heavy atom. The second-order valence-electron chi connectivity index (χ2n) is 2.15. The van der Waals surface area contributed by atoms with Gasteiger partial charge in [-0.15, -0.1) is 0 Å². The van der Waals surface area contributed by atoms with Crippen LogP contribution >= 0.6 is 11.6 Å². The molecule has 7 heteroatoms. The lowest BCUT2D eigenvalue weighted by Gasteiger charge is -2.02. The Morgan fingerprint density at radius 2 is 2.08 bits per heavy atom. The average Bonchev–Trinajstić information content (AvgIpc) is 1.93. The van der Waals surface area contributed by atoms with Gasteiger partial charge in [0, 0.05) is 5.02 Å². The zero-order valence-electron chi connectivity index (χ0n) is 6.20. The van der Waals surface area contributed by atoms with Crippen molar-refractivity contribution in [2.75, 3.05) is 0 Å². The van der Waals surface area contributed by atoms with Crippen molar-refractivity contribution >= 4 is 21.9 Å². The smallest absolute Gasteiger partial charge is 0.368 e. The van der Waals surface area contributed by atoms with E-state index >= 15 is 0 Å². The molecule has 72 valence electrons. The molecule has 0 bridgehead atoms. The number of halogens is 2. The van der Waals surface area contributed by atoms with Crippen molar-refractivity contribution in [2.24, 2.45) is 5.14 Å². The maximum atomic E-state index is 12.9. The summed E-state index contributed by atoms with van der Waals surface area (Å²) in [6.45, 7) is 0. The quantitative estimate of drug-likeness (QED) is 0.818. The molecule has 0 saturated carbocycles. The SMILES string of the molecule is NS(=O)(=O)Oc1ccc(Cl)cc1F. The number of benzene rings is 1. The van der Waals surface area contributed by atoms with Crippen LogP contribution in [0.1, 0.15) is 0 Å². The third kappa shape index (κ3) is 3.17. The minimum atomic E-state index is -4.20. The van der Waals surface area contributed by atoms with Crippen LogP contribution in [0, 0.1) is 5.82 Å². The van der Waals surface area contributed by atoms with Gasteiger partial charge in [-0.25, -0.2) is 4.39 Å². The Labute approximate surface area is 79.3 Å².